The van der Waals surface area contributed by atoms with Crippen molar-refractivity contribution >= 4 is 22.9 Å². The van der Waals surface area contributed by atoms with Gasteiger partial charge in [-0.15, -0.1) is 0 Å². The van der Waals surface area contributed by atoms with Gasteiger partial charge in [0.1, 0.15) is 4.99 Å². The second-order valence-electron chi connectivity index (χ2n) is 4.51. The van der Waals surface area contributed by atoms with Crippen molar-refractivity contribution in [3.63, 3.8) is 0 Å². The van der Waals surface area contributed by atoms with Gasteiger partial charge in [-0.05, 0) is 49.2 Å². The highest BCUT2D eigenvalue weighted by molar-refractivity contribution is 7.80. The predicted molar refractivity (Wildman–Crippen MR) is 83.4 cm³/mol. The van der Waals surface area contributed by atoms with Crippen LogP contribution in [0.3, 0.4) is 0 Å². The summed E-state index contributed by atoms with van der Waals surface area (Å²) in [6, 6.07) is 9.99. The second-order valence-corrected chi connectivity index (χ2v) is 4.95. The Kier molecular flexibility index (Phi) is 4.12. The number of benzene rings is 1. The summed E-state index contributed by atoms with van der Waals surface area (Å²) in [5.41, 5.74) is 10.9. The molecule has 0 saturated carbocycles. The Hall–Kier alpha value is -1.94. The Labute approximate surface area is 118 Å². The number of aryl methyl sites for hydroxylation is 2. The molecule has 19 heavy (non-hydrogen) atoms. The fraction of sp³-hybridized carbons (Fsp3) is 0.200. The molecule has 1 aromatic carbocycles. The molecule has 98 valence electrons. The molecule has 0 spiro atoms. The van der Waals surface area contributed by atoms with Crippen LogP contribution in [0.4, 0.5) is 5.69 Å². The van der Waals surface area contributed by atoms with Crippen molar-refractivity contribution in [2.75, 3.05) is 5.32 Å². The van der Waals surface area contributed by atoms with E-state index in [1.807, 2.05) is 37.4 Å². The number of nitrogens with zero attached hydrogens (tertiary/aromatic N) is 1. The first-order valence-electron chi connectivity index (χ1n) is 6.13. The molecule has 0 atom stereocenters. The Morgan fingerprint density at radius 3 is 2.68 bits per heavy atom. The molecule has 0 fully saturated rings. The smallest absolute Gasteiger partial charge is 0.104 e. The zero-order valence-electron chi connectivity index (χ0n) is 11.1. The lowest BCUT2D eigenvalue weighted by Crippen LogP contribution is -2.11. The standard InChI is InChI=1S/C15H17N3S/c1-10-4-3-7-17-14(10)9-18-12-5-6-13(15(16)19)11(2)8-12/h3-8,18H,9H2,1-2H3,(H2,16,19). The predicted octanol–water partition coefficient (Wildman–Crippen LogP) is 2.94. The number of hydrogen-bond acceptors (Lipinski definition) is 3. The lowest BCUT2D eigenvalue weighted by molar-refractivity contribution is 1.02. The fourth-order valence-electron chi connectivity index (χ4n) is 1.94. The summed E-state index contributed by atoms with van der Waals surface area (Å²) in [6.07, 6.45) is 1.81. The highest BCUT2D eigenvalue weighted by Crippen LogP contribution is 2.16. The molecule has 0 aliphatic rings. The first kappa shape index (κ1) is 13.5. The third kappa shape index (κ3) is 3.29. The van der Waals surface area contributed by atoms with Crippen molar-refractivity contribution in [3.05, 3.63) is 58.9 Å². The minimum atomic E-state index is 0.435. The SMILES string of the molecule is Cc1cc(NCc2ncccc2C)ccc1C(N)=S. The molecule has 2 aromatic rings. The van der Waals surface area contributed by atoms with Crippen molar-refractivity contribution in [2.45, 2.75) is 20.4 Å². The first-order chi connectivity index (χ1) is 9.08. The Balaban J connectivity index is 2.11. The lowest BCUT2D eigenvalue weighted by Gasteiger charge is -2.10. The van der Waals surface area contributed by atoms with Crippen LogP contribution in [0.2, 0.25) is 0 Å². The summed E-state index contributed by atoms with van der Waals surface area (Å²) in [7, 11) is 0. The number of nitrogens with one attached hydrogen (secondary N) is 1. The molecule has 0 aliphatic heterocycles. The van der Waals surface area contributed by atoms with Crippen molar-refractivity contribution in [3.8, 4) is 0 Å². The highest BCUT2D eigenvalue weighted by atomic mass is 32.1. The molecule has 3 N–H and O–H groups in total. The van der Waals surface area contributed by atoms with Gasteiger partial charge >= 0.3 is 0 Å². The number of rotatable bonds is 4. The number of anilines is 1. The van der Waals surface area contributed by atoms with Crippen LogP contribution in [0, 0.1) is 13.8 Å². The Morgan fingerprint density at radius 1 is 1.26 bits per heavy atom. The van der Waals surface area contributed by atoms with Crippen molar-refractivity contribution in [1.29, 1.82) is 0 Å². The molecule has 0 radical (unpaired) electrons. The number of pyridine rings is 1. The van der Waals surface area contributed by atoms with Crippen molar-refractivity contribution in [1.82, 2.24) is 4.98 Å². The van der Waals surface area contributed by atoms with Crippen LogP contribution >= 0.6 is 12.2 Å². The van der Waals surface area contributed by atoms with Gasteiger partial charge in [-0.2, -0.15) is 0 Å². The van der Waals surface area contributed by atoms with Crippen LogP contribution in [0.15, 0.2) is 36.5 Å². The van der Waals surface area contributed by atoms with Crippen LogP contribution in [0.25, 0.3) is 0 Å². The van der Waals surface area contributed by atoms with Gasteiger partial charge in [0.15, 0.2) is 0 Å². The topological polar surface area (TPSA) is 50.9 Å². The molecule has 0 aliphatic carbocycles. The summed E-state index contributed by atoms with van der Waals surface area (Å²) >= 11 is 5.00. The van der Waals surface area contributed by atoms with Crippen LogP contribution in [-0.2, 0) is 6.54 Å². The van der Waals surface area contributed by atoms with E-state index in [1.54, 1.807) is 0 Å². The maximum absolute atomic E-state index is 5.65. The maximum atomic E-state index is 5.65. The Bertz CT molecular complexity index is 608. The molecule has 0 amide bonds. The molecule has 0 unspecified atom stereocenters. The van der Waals surface area contributed by atoms with E-state index in [0.717, 1.165) is 22.5 Å². The fourth-order valence-corrected chi connectivity index (χ4v) is 2.17. The molecule has 1 heterocycles. The molecule has 2 rings (SSSR count). The van der Waals surface area contributed by atoms with Gasteiger partial charge < -0.3 is 11.1 Å². The van der Waals surface area contributed by atoms with Gasteiger partial charge in [0.2, 0.25) is 0 Å². The van der Waals surface area contributed by atoms with Gasteiger partial charge in [-0.1, -0.05) is 18.3 Å². The summed E-state index contributed by atoms with van der Waals surface area (Å²) in [5.74, 6) is 0. The van der Waals surface area contributed by atoms with E-state index in [2.05, 4.69) is 23.3 Å². The van der Waals surface area contributed by atoms with E-state index in [4.69, 9.17) is 18.0 Å². The first-order valence-corrected chi connectivity index (χ1v) is 6.53. The molecule has 4 heteroatoms. The Morgan fingerprint density at radius 2 is 2.05 bits per heavy atom. The quantitative estimate of drug-likeness (QED) is 0.839. The minimum Gasteiger partial charge on any atom is -0.389 e. The molecular formula is C15H17N3S. The zero-order chi connectivity index (χ0) is 13.8. The van der Waals surface area contributed by atoms with Gasteiger partial charge in [0.05, 0.1) is 12.2 Å². The maximum Gasteiger partial charge on any atom is 0.104 e. The lowest BCUT2D eigenvalue weighted by atomic mass is 10.1. The van der Waals surface area contributed by atoms with E-state index in [9.17, 15) is 0 Å². The van der Waals surface area contributed by atoms with E-state index < -0.39 is 0 Å². The van der Waals surface area contributed by atoms with E-state index >= 15 is 0 Å². The van der Waals surface area contributed by atoms with E-state index in [-0.39, 0.29) is 0 Å². The monoisotopic (exact) mass is 271 g/mol. The normalized spacial score (nSPS) is 10.2. The van der Waals surface area contributed by atoms with Gasteiger partial charge in [-0.25, -0.2) is 0 Å². The average molecular weight is 271 g/mol. The van der Waals surface area contributed by atoms with Crippen LogP contribution in [0.1, 0.15) is 22.4 Å². The number of aromatic nitrogens is 1. The van der Waals surface area contributed by atoms with Crippen LogP contribution in [0.5, 0.6) is 0 Å². The third-order valence-electron chi connectivity index (χ3n) is 3.07. The molecule has 0 saturated heterocycles. The van der Waals surface area contributed by atoms with Crippen molar-refractivity contribution < 1.29 is 0 Å². The van der Waals surface area contributed by atoms with Gasteiger partial charge in [0.25, 0.3) is 0 Å². The second kappa shape index (κ2) is 5.80. The largest absolute Gasteiger partial charge is 0.389 e. The van der Waals surface area contributed by atoms with Crippen LogP contribution < -0.4 is 11.1 Å². The number of thiocarbonyl (C=S) groups is 1. The highest BCUT2D eigenvalue weighted by Gasteiger charge is 2.03. The van der Waals surface area contributed by atoms with E-state index in [1.165, 1.54) is 5.56 Å². The summed E-state index contributed by atoms with van der Waals surface area (Å²) in [5, 5.41) is 3.36. The average Bonchev–Trinajstić information content (AvgIpc) is 2.37. The van der Waals surface area contributed by atoms with E-state index in [0.29, 0.717) is 11.5 Å². The number of nitrogens with two attached hydrogens (primary N) is 1. The summed E-state index contributed by atoms with van der Waals surface area (Å²) < 4.78 is 0. The minimum absolute atomic E-state index is 0.435. The molecule has 0 bridgehead atoms. The van der Waals surface area contributed by atoms with Gasteiger partial charge in [0, 0.05) is 17.4 Å². The zero-order valence-corrected chi connectivity index (χ0v) is 11.9. The number of hydrogen-bond donors (Lipinski definition) is 2. The molecule has 1 aromatic heterocycles. The summed E-state index contributed by atoms with van der Waals surface area (Å²) in [4.78, 5) is 4.79. The summed E-state index contributed by atoms with van der Waals surface area (Å²) in [6.45, 7) is 4.77. The molecule has 3 nitrogen and oxygen atoms in total. The van der Waals surface area contributed by atoms with Gasteiger partial charge in [-0.3, -0.25) is 4.98 Å². The third-order valence-corrected chi connectivity index (χ3v) is 3.29. The molecular weight excluding hydrogens is 254 g/mol. The van der Waals surface area contributed by atoms with Crippen LogP contribution in [-0.4, -0.2) is 9.97 Å². The van der Waals surface area contributed by atoms with Crippen molar-refractivity contribution in [2.24, 2.45) is 5.73 Å².